The minimum Gasteiger partial charge on any atom is -0.435 e. The lowest BCUT2D eigenvalue weighted by atomic mass is 10.1. The van der Waals surface area contributed by atoms with Crippen molar-refractivity contribution in [3.05, 3.63) is 65.2 Å². The summed E-state index contributed by atoms with van der Waals surface area (Å²) in [5, 5.41) is 7.97. The van der Waals surface area contributed by atoms with Crippen molar-refractivity contribution in [2.45, 2.75) is 39.2 Å². The van der Waals surface area contributed by atoms with Crippen molar-refractivity contribution in [2.24, 2.45) is 10.2 Å². The molecule has 2 rings (SSSR count). The Hall–Kier alpha value is -2.56. The van der Waals surface area contributed by atoms with Crippen LogP contribution in [-0.4, -0.2) is 19.0 Å². The second-order valence-corrected chi connectivity index (χ2v) is 5.64. The van der Waals surface area contributed by atoms with E-state index in [-0.39, 0.29) is 5.75 Å². The highest BCUT2D eigenvalue weighted by Gasteiger charge is 2.02. The molecule has 0 radical (unpaired) electrons. The predicted molar refractivity (Wildman–Crippen MR) is 97.9 cm³/mol. The molecule has 3 nitrogen and oxygen atoms in total. The van der Waals surface area contributed by atoms with Crippen molar-refractivity contribution in [3.63, 3.8) is 0 Å². The number of rotatable bonds is 9. The van der Waals surface area contributed by atoms with E-state index in [1.807, 2.05) is 12.1 Å². The van der Waals surface area contributed by atoms with Crippen LogP contribution in [0.5, 0.6) is 5.75 Å². The highest BCUT2D eigenvalue weighted by atomic mass is 19.3. The first kappa shape index (κ1) is 18.8. The molecule has 0 amide bonds. The molecule has 2 aromatic rings. The molecule has 0 fully saturated rings. The van der Waals surface area contributed by atoms with Crippen LogP contribution in [0.1, 0.15) is 42.9 Å². The number of hydrogen-bond acceptors (Lipinski definition) is 3. The fourth-order valence-corrected chi connectivity index (χ4v) is 2.28. The van der Waals surface area contributed by atoms with Crippen molar-refractivity contribution in [2.75, 3.05) is 0 Å². The summed E-state index contributed by atoms with van der Waals surface area (Å²) in [5.41, 5.74) is 3.07. The van der Waals surface area contributed by atoms with Crippen LogP contribution in [-0.2, 0) is 6.42 Å². The van der Waals surface area contributed by atoms with Gasteiger partial charge in [-0.15, -0.1) is 0 Å². The maximum atomic E-state index is 12.1. The van der Waals surface area contributed by atoms with Gasteiger partial charge in [-0.25, -0.2) is 0 Å². The van der Waals surface area contributed by atoms with Gasteiger partial charge in [0.1, 0.15) is 5.75 Å². The number of halogens is 2. The molecule has 0 unspecified atom stereocenters. The summed E-state index contributed by atoms with van der Waals surface area (Å²) in [6.45, 7) is -0.617. The molecule has 2 aromatic carbocycles. The van der Waals surface area contributed by atoms with Crippen LogP contribution in [0.4, 0.5) is 8.78 Å². The number of benzene rings is 2. The Morgan fingerprint density at radius 1 is 0.880 bits per heavy atom. The zero-order valence-corrected chi connectivity index (χ0v) is 14.2. The van der Waals surface area contributed by atoms with Gasteiger partial charge in [0, 0.05) is 0 Å². The third-order valence-corrected chi connectivity index (χ3v) is 3.63. The highest BCUT2D eigenvalue weighted by Crippen LogP contribution is 2.14. The van der Waals surface area contributed by atoms with Crippen molar-refractivity contribution in [1.82, 2.24) is 0 Å². The first-order valence-electron chi connectivity index (χ1n) is 8.37. The maximum Gasteiger partial charge on any atom is 0.387 e. The molecule has 0 heterocycles. The van der Waals surface area contributed by atoms with Crippen LogP contribution in [0.25, 0.3) is 0 Å². The molecule has 0 atom stereocenters. The molecule has 0 aliphatic carbocycles. The monoisotopic (exact) mass is 344 g/mol. The lowest BCUT2D eigenvalue weighted by Gasteiger charge is -2.03. The van der Waals surface area contributed by atoms with Gasteiger partial charge in [-0.05, 0) is 53.8 Å². The number of aryl methyl sites for hydroxylation is 1. The Morgan fingerprint density at radius 2 is 1.44 bits per heavy atom. The number of ether oxygens (including phenoxy) is 1. The molecule has 0 aliphatic rings. The Bertz CT molecular complexity index is 680. The van der Waals surface area contributed by atoms with E-state index in [0.29, 0.717) is 0 Å². The van der Waals surface area contributed by atoms with Crippen LogP contribution in [0.15, 0.2) is 58.7 Å². The average Bonchev–Trinajstić information content (AvgIpc) is 2.61. The van der Waals surface area contributed by atoms with Gasteiger partial charge in [0.05, 0.1) is 12.4 Å². The van der Waals surface area contributed by atoms with Crippen molar-refractivity contribution in [3.8, 4) is 5.75 Å². The third-order valence-electron chi connectivity index (χ3n) is 3.63. The van der Waals surface area contributed by atoms with Gasteiger partial charge in [0.2, 0.25) is 0 Å². The minimum atomic E-state index is -2.82. The number of alkyl halides is 2. The summed E-state index contributed by atoms with van der Waals surface area (Å²) in [7, 11) is 0. The summed E-state index contributed by atoms with van der Waals surface area (Å²) < 4.78 is 28.4. The maximum absolute atomic E-state index is 12.1. The third kappa shape index (κ3) is 7.25. The molecule has 0 spiro atoms. The standard InChI is InChI=1S/C20H22F2N2O/c1-2-3-4-5-16-6-8-17(9-7-16)14-23-24-15-18-10-12-19(13-11-18)25-20(21)22/h6-15,20H,2-5H2,1H3/b23-14+,24-15+. The summed E-state index contributed by atoms with van der Waals surface area (Å²) >= 11 is 0. The van der Waals surface area contributed by atoms with Crippen LogP contribution >= 0.6 is 0 Å². The van der Waals surface area contributed by atoms with E-state index in [0.717, 1.165) is 17.5 Å². The summed E-state index contributed by atoms with van der Waals surface area (Å²) in [6, 6.07) is 14.5. The second-order valence-electron chi connectivity index (χ2n) is 5.64. The smallest absolute Gasteiger partial charge is 0.387 e. The summed E-state index contributed by atoms with van der Waals surface area (Å²) in [5.74, 6) is 0.120. The van der Waals surface area contributed by atoms with Crippen LogP contribution < -0.4 is 4.74 Å². The molecule has 0 aliphatic heterocycles. The fourth-order valence-electron chi connectivity index (χ4n) is 2.28. The summed E-state index contributed by atoms with van der Waals surface area (Å²) in [6.07, 6.45) is 8.05. The van der Waals surface area contributed by atoms with Gasteiger partial charge in [-0.1, -0.05) is 44.0 Å². The molecular weight excluding hydrogens is 322 g/mol. The summed E-state index contributed by atoms with van der Waals surface area (Å²) in [4.78, 5) is 0. The first-order chi connectivity index (χ1) is 12.2. The van der Waals surface area contributed by atoms with E-state index in [9.17, 15) is 8.78 Å². The lowest BCUT2D eigenvalue weighted by molar-refractivity contribution is -0.0498. The zero-order valence-electron chi connectivity index (χ0n) is 14.2. The molecule has 5 heteroatoms. The van der Waals surface area contributed by atoms with Crippen LogP contribution in [0.3, 0.4) is 0 Å². The van der Waals surface area contributed by atoms with E-state index < -0.39 is 6.61 Å². The van der Waals surface area contributed by atoms with E-state index in [4.69, 9.17) is 0 Å². The van der Waals surface area contributed by atoms with Crippen molar-refractivity contribution < 1.29 is 13.5 Å². The fraction of sp³-hybridized carbons (Fsp3) is 0.300. The van der Waals surface area contributed by atoms with E-state index in [1.165, 1.54) is 37.0 Å². The largest absolute Gasteiger partial charge is 0.435 e. The van der Waals surface area contributed by atoms with E-state index in [1.54, 1.807) is 24.6 Å². The number of nitrogens with zero attached hydrogens (tertiary/aromatic N) is 2. The van der Waals surface area contributed by atoms with Crippen LogP contribution in [0.2, 0.25) is 0 Å². The normalized spacial score (nSPS) is 11.7. The Kier molecular flexibility index (Phi) is 7.76. The quantitative estimate of drug-likeness (QED) is 0.337. The molecule has 0 bridgehead atoms. The molecular formula is C20H22F2N2O. The van der Waals surface area contributed by atoms with Gasteiger partial charge in [-0.2, -0.15) is 19.0 Å². The first-order valence-corrected chi connectivity index (χ1v) is 8.37. The van der Waals surface area contributed by atoms with Crippen LogP contribution in [0, 0.1) is 0 Å². The van der Waals surface area contributed by atoms with Gasteiger partial charge < -0.3 is 4.74 Å². The topological polar surface area (TPSA) is 34.0 Å². The van der Waals surface area contributed by atoms with E-state index in [2.05, 4.69) is 34.0 Å². The zero-order chi connectivity index (χ0) is 17.9. The molecule has 132 valence electrons. The van der Waals surface area contributed by atoms with Crippen molar-refractivity contribution in [1.29, 1.82) is 0 Å². The second kappa shape index (κ2) is 10.3. The Labute approximate surface area is 147 Å². The average molecular weight is 344 g/mol. The molecule has 0 saturated heterocycles. The highest BCUT2D eigenvalue weighted by molar-refractivity contribution is 5.82. The van der Waals surface area contributed by atoms with Gasteiger partial charge >= 0.3 is 6.61 Å². The predicted octanol–water partition coefficient (Wildman–Crippen LogP) is 5.47. The lowest BCUT2D eigenvalue weighted by Crippen LogP contribution is -2.01. The minimum absolute atomic E-state index is 0.120. The van der Waals surface area contributed by atoms with Crippen molar-refractivity contribution >= 4 is 12.4 Å². The Morgan fingerprint density at radius 3 is 1.96 bits per heavy atom. The SMILES string of the molecule is CCCCCc1ccc(/C=N/N=C/c2ccc(OC(F)F)cc2)cc1. The Balaban J connectivity index is 1.84. The molecule has 25 heavy (non-hydrogen) atoms. The molecule has 0 N–H and O–H groups in total. The van der Waals surface area contributed by atoms with Gasteiger partial charge in [0.15, 0.2) is 0 Å². The van der Waals surface area contributed by atoms with Gasteiger partial charge in [-0.3, -0.25) is 0 Å². The molecule has 0 aromatic heterocycles. The number of hydrogen-bond donors (Lipinski definition) is 0. The molecule has 0 saturated carbocycles. The van der Waals surface area contributed by atoms with E-state index >= 15 is 0 Å². The number of unbranched alkanes of at least 4 members (excludes halogenated alkanes) is 2. The van der Waals surface area contributed by atoms with Gasteiger partial charge in [0.25, 0.3) is 0 Å².